The number of nitrogens with zero attached hydrogens (tertiary/aromatic N) is 2. The van der Waals surface area contributed by atoms with E-state index < -0.39 is 0 Å². The predicted molar refractivity (Wildman–Crippen MR) is 62.5 cm³/mol. The van der Waals surface area contributed by atoms with Crippen molar-refractivity contribution < 1.29 is 4.74 Å². The Morgan fingerprint density at radius 1 is 1.20 bits per heavy atom. The number of para-hydroxylation sites is 2. The minimum Gasteiger partial charge on any atom is -0.476 e. The third-order valence-electron chi connectivity index (χ3n) is 1.98. The number of aromatic nitrogens is 2. The van der Waals surface area contributed by atoms with Gasteiger partial charge in [-0.25, -0.2) is 9.97 Å². The summed E-state index contributed by atoms with van der Waals surface area (Å²) in [6.07, 6.45) is 1.97. The first-order chi connectivity index (χ1) is 7.35. The zero-order valence-electron chi connectivity index (χ0n) is 8.73. The summed E-state index contributed by atoms with van der Waals surface area (Å²) in [6, 6.07) is 7.81. The van der Waals surface area contributed by atoms with E-state index in [4.69, 9.17) is 4.74 Å². The number of thioether (sulfide) groups is 1. The van der Waals surface area contributed by atoms with Gasteiger partial charge in [0.2, 0.25) is 5.88 Å². The van der Waals surface area contributed by atoms with Crippen LogP contribution in [0.25, 0.3) is 11.0 Å². The minimum absolute atomic E-state index is 0.612. The molecule has 0 aliphatic heterocycles. The fraction of sp³-hybridized carbons (Fsp3) is 0.273. The molecule has 3 nitrogen and oxygen atoms in total. The molecular weight excluding hydrogens is 208 g/mol. The van der Waals surface area contributed by atoms with Gasteiger partial charge in [-0.15, -0.1) is 11.8 Å². The molecule has 0 aliphatic carbocycles. The molecule has 4 heteroatoms. The van der Waals surface area contributed by atoms with E-state index in [1.807, 2.05) is 37.4 Å². The second-order valence-electron chi connectivity index (χ2n) is 2.96. The number of hydrogen-bond acceptors (Lipinski definition) is 4. The topological polar surface area (TPSA) is 35.0 Å². The molecule has 1 aromatic carbocycles. The zero-order valence-corrected chi connectivity index (χ0v) is 9.54. The van der Waals surface area contributed by atoms with Crippen LogP contribution in [0.5, 0.6) is 5.88 Å². The van der Waals surface area contributed by atoms with Crippen LogP contribution in [0.4, 0.5) is 0 Å². The van der Waals surface area contributed by atoms with E-state index >= 15 is 0 Å². The molecule has 0 atom stereocenters. The molecule has 0 saturated heterocycles. The van der Waals surface area contributed by atoms with Crippen molar-refractivity contribution in [2.45, 2.75) is 11.9 Å². The van der Waals surface area contributed by atoms with Gasteiger partial charge >= 0.3 is 0 Å². The molecule has 2 aromatic rings. The van der Waals surface area contributed by atoms with Crippen LogP contribution in [-0.4, -0.2) is 22.8 Å². The van der Waals surface area contributed by atoms with Gasteiger partial charge in [0.05, 0.1) is 17.6 Å². The van der Waals surface area contributed by atoms with Crippen LogP contribution in [0, 0.1) is 0 Å². The van der Waals surface area contributed by atoms with Crippen LogP contribution in [0.1, 0.15) is 6.92 Å². The maximum atomic E-state index is 5.44. The molecule has 0 fully saturated rings. The maximum absolute atomic E-state index is 5.44. The predicted octanol–water partition coefficient (Wildman–Crippen LogP) is 2.75. The van der Waals surface area contributed by atoms with Crippen molar-refractivity contribution in [1.82, 2.24) is 9.97 Å². The van der Waals surface area contributed by atoms with Crippen LogP contribution in [0.15, 0.2) is 29.3 Å². The quantitative estimate of drug-likeness (QED) is 0.745. The van der Waals surface area contributed by atoms with Crippen LogP contribution in [-0.2, 0) is 0 Å². The van der Waals surface area contributed by atoms with Crippen LogP contribution < -0.4 is 4.74 Å². The summed E-state index contributed by atoms with van der Waals surface area (Å²) in [7, 11) is 0. The summed E-state index contributed by atoms with van der Waals surface area (Å²) < 4.78 is 5.44. The van der Waals surface area contributed by atoms with Crippen LogP contribution in [0.3, 0.4) is 0 Å². The SMILES string of the molecule is CCOc1nc2ccccc2nc1SC. The van der Waals surface area contributed by atoms with Crippen molar-refractivity contribution in [1.29, 1.82) is 0 Å². The van der Waals surface area contributed by atoms with E-state index in [1.54, 1.807) is 11.8 Å². The van der Waals surface area contributed by atoms with Gasteiger partial charge < -0.3 is 4.74 Å². The van der Waals surface area contributed by atoms with Gasteiger partial charge in [-0.2, -0.15) is 0 Å². The molecule has 2 rings (SSSR count). The number of benzene rings is 1. The minimum atomic E-state index is 0.612. The third kappa shape index (κ3) is 2.04. The van der Waals surface area contributed by atoms with Gasteiger partial charge in [0.15, 0.2) is 5.03 Å². The standard InChI is InChI=1S/C11H12N2OS/c1-3-14-10-11(15-2)13-9-7-5-4-6-8(9)12-10/h4-7H,3H2,1-2H3. The third-order valence-corrected chi connectivity index (χ3v) is 2.64. The summed E-state index contributed by atoms with van der Waals surface area (Å²) in [4.78, 5) is 8.92. The molecule has 1 heterocycles. The molecule has 0 bridgehead atoms. The summed E-state index contributed by atoms with van der Waals surface area (Å²) in [5.74, 6) is 0.628. The molecule has 78 valence electrons. The molecular formula is C11H12N2OS. The van der Waals surface area contributed by atoms with E-state index in [2.05, 4.69) is 9.97 Å². The molecule has 0 radical (unpaired) electrons. The first-order valence-electron chi connectivity index (χ1n) is 4.78. The Morgan fingerprint density at radius 3 is 2.47 bits per heavy atom. The molecule has 1 aromatic heterocycles. The summed E-state index contributed by atoms with van der Waals surface area (Å²) >= 11 is 1.55. The lowest BCUT2D eigenvalue weighted by atomic mass is 10.3. The van der Waals surface area contributed by atoms with Crippen LogP contribution >= 0.6 is 11.8 Å². The lowest BCUT2D eigenvalue weighted by Crippen LogP contribution is -1.98. The van der Waals surface area contributed by atoms with Gasteiger partial charge in [0, 0.05) is 0 Å². The van der Waals surface area contributed by atoms with Gasteiger partial charge in [-0.1, -0.05) is 12.1 Å². The van der Waals surface area contributed by atoms with Crippen LogP contribution in [0.2, 0.25) is 0 Å². The van der Waals surface area contributed by atoms with Gasteiger partial charge in [-0.3, -0.25) is 0 Å². The van der Waals surface area contributed by atoms with Crippen molar-refractivity contribution in [3.8, 4) is 5.88 Å². The Labute approximate surface area is 92.9 Å². The normalized spacial score (nSPS) is 10.5. The summed E-state index contributed by atoms with van der Waals surface area (Å²) in [5, 5.41) is 0.843. The number of ether oxygens (including phenoxy) is 1. The molecule has 0 N–H and O–H groups in total. The smallest absolute Gasteiger partial charge is 0.247 e. The largest absolute Gasteiger partial charge is 0.476 e. The lowest BCUT2D eigenvalue weighted by Gasteiger charge is -2.07. The van der Waals surface area contributed by atoms with E-state index in [9.17, 15) is 0 Å². The van der Waals surface area contributed by atoms with Crippen molar-refractivity contribution in [3.63, 3.8) is 0 Å². The van der Waals surface area contributed by atoms with E-state index in [0.717, 1.165) is 16.1 Å². The molecule has 15 heavy (non-hydrogen) atoms. The highest BCUT2D eigenvalue weighted by Crippen LogP contribution is 2.25. The Bertz CT molecular complexity index is 473. The van der Waals surface area contributed by atoms with E-state index in [-0.39, 0.29) is 0 Å². The highest BCUT2D eigenvalue weighted by atomic mass is 32.2. The van der Waals surface area contributed by atoms with E-state index in [1.165, 1.54) is 0 Å². The van der Waals surface area contributed by atoms with Gasteiger partial charge in [0.1, 0.15) is 0 Å². The first kappa shape index (κ1) is 10.2. The fourth-order valence-corrected chi connectivity index (χ4v) is 1.80. The molecule has 0 amide bonds. The lowest BCUT2D eigenvalue weighted by molar-refractivity contribution is 0.317. The summed E-state index contributed by atoms with van der Waals surface area (Å²) in [6.45, 7) is 2.56. The van der Waals surface area contributed by atoms with Gasteiger partial charge in [0.25, 0.3) is 0 Å². The van der Waals surface area contributed by atoms with Crippen molar-refractivity contribution >= 4 is 22.8 Å². The number of hydrogen-bond donors (Lipinski definition) is 0. The summed E-state index contributed by atoms with van der Waals surface area (Å²) in [5.41, 5.74) is 1.78. The van der Waals surface area contributed by atoms with Crippen molar-refractivity contribution in [3.05, 3.63) is 24.3 Å². The maximum Gasteiger partial charge on any atom is 0.247 e. The Hall–Kier alpha value is -1.29. The average molecular weight is 220 g/mol. The Balaban J connectivity index is 2.58. The molecule has 0 unspecified atom stereocenters. The second-order valence-corrected chi connectivity index (χ2v) is 3.75. The first-order valence-corrected chi connectivity index (χ1v) is 6.01. The molecule has 0 saturated carbocycles. The monoisotopic (exact) mass is 220 g/mol. The Kier molecular flexibility index (Phi) is 3.06. The highest BCUT2D eigenvalue weighted by Gasteiger charge is 2.07. The number of fused-ring (bicyclic) bond motifs is 1. The molecule has 0 spiro atoms. The Morgan fingerprint density at radius 2 is 1.87 bits per heavy atom. The zero-order chi connectivity index (χ0) is 10.7. The number of rotatable bonds is 3. The van der Waals surface area contributed by atoms with E-state index in [0.29, 0.717) is 12.5 Å². The fourth-order valence-electron chi connectivity index (χ4n) is 1.33. The van der Waals surface area contributed by atoms with Crippen molar-refractivity contribution in [2.75, 3.05) is 12.9 Å². The van der Waals surface area contributed by atoms with Gasteiger partial charge in [-0.05, 0) is 25.3 Å². The van der Waals surface area contributed by atoms with Crippen molar-refractivity contribution in [2.24, 2.45) is 0 Å². The second kappa shape index (κ2) is 4.49. The average Bonchev–Trinajstić information content (AvgIpc) is 2.28. The molecule has 0 aliphatic rings. The highest BCUT2D eigenvalue weighted by molar-refractivity contribution is 7.98.